The number of carbonyl (C=O) groups is 1. The molecule has 1 amide bonds. The maximum absolute atomic E-state index is 12.5. The van der Waals surface area contributed by atoms with Gasteiger partial charge in [0.25, 0.3) is 5.91 Å². The highest BCUT2D eigenvalue weighted by Gasteiger charge is 2.25. The van der Waals surface area contributed by atoms with Gasteiger partial charge >= 0.3 is 0 Å². The summed E-state index contributed by atoms with van der Waals surface area (Å²) in [7, 11) is 0. The summed E-state index contributed by atoms with van der Waals surface area (Å²) in [5.74, 6) is 1.15. The van der Waals surface area contributed by atoms with Crippen LogP contribution < -0.4 is 0 Å². The number of nitrogens with zero attached hydrogens (tertiary/aromatic N) is 3. The Hall–Kier alpha value is -0.820. The van der Waals surface area contributed by atoms with Crippen molar-refractivity contribution in [3.63, 3.8) is 0 Å². The number of thiocarbonyl (C=S) groups is 1. The molecule has 2 aliphatic heterocycles. The van der Waals surface area contributed by atoms with Crippen LogP contribution in [0.2, 0.25) is 5.02 Å². The molecule has 2 heterocycles. The molecule has 7 heteroatoms. The first-order valence-electron chi connectivity index (χ1n) is 7.32. The summed E-state index contributed by atoms with van der Waals surface area (Å²) in [5.41, 5.74) is 0.665. The minimum absolute atomic E-state index is 0.0643. The van der Waals surface area contributed by atoms with E-state index in [1.165, 1.54) is 0 Å². The molecule has 1 aromatic rings. The van der Waals surface area contributed by atoms with E-state index in [4.69, 9.17) is 23.8 Å². The number of halogens is 1. The highest BCUT2D eigenvalue weighted by molar-refractivity contribution is 8.23. The summed E-state index contributed by atoms with van der Waals surface area (Å²) < 4.78 is 0.998. The van der Waals surface area contributed by atoms with E-state index < -0.39 is 0 Å². The summed E-state index contributed by atoms with van der Waals surface area (Å²) in [5, 5.41) is 0.601. The third kappa shape index (κ3) is 3.74. The van der Waals surface area contributed by atoms with Crippen LogP contribution in [0, 0.1) is 0 Å². The maximum Gasteiger partial charge on any atom is 0.253 e. The molecule has 22 heavy (non-hydrogen) atoms. The van der Waals surface area contributed by atoms with Gasteiger partial charge in [0.1, 0.15) is 4.32 Å². The van der Waals surface area contributed by atoms with Gasteiger partial charge < -0.3 is 9.80 Å². The van der Waals surface area contributed by atoms with Crippen molar-refractivity contribution < 1.29 is 4.79 Å². The Morgan fingerprint density at radius 3 is 2.64 bits per heavy atom. The Labute approximate surface area is 145 Å². The van der Waals surface area contributed by atoms with Crippen molar-refractivity contribution in [2.24, 2.45) is 0 Å². The quantitative estimate of drug-likeness (QED) is 0.776. The highest BCUT2D eigenvalue weighted by atomic mass is 35.5. The van der Waals surface area contributed by atoms with Crippen molar-refractivity contribution in [2.45, 2.75) is 0 Å². The molecule has 2 saturated heterocycles. The van der Waals surface area contributed by atoms with Gasteiger partial charge in [-0.2, -0.15) is 0 Å². The molecule has 2 aliphatic rings. The average Bonchev–Trinajstić information content (AvgIpc) is 2.92. The largest absolute Gasteiger partial charge is 0.344 e. The second-order valence-corrected chi connectivity index (χ2v) is 7.60. The van der Waals surface area contributed by atoms with Crippen LogP contribution in [0.1, 0.15) is 10.4 Å². The highest BCUT2D eigenvalue weighted by Crippen LogP contribution is 2.19. The number of hydrogen-bond donors (Lipinski definition) is 0. The lowest BCUT2D eigenvalue weighted by Crippen LogP contribution is -2.51. The van der Waals surface area contributed by atoms with Crippen LogP contribution in [0.5, 0.6) is 0 Å². The molecule has 0 unspecified atom stereocenters. The molecule has 2 fully saturated rings. The lowest BCUT2D eigenvalue weighted by Gasteiger charge is -2.36. The number of carbonyl (C=O) groups excluding carboxylic acids is 1. The van der Waals surface area contributed by atoms with E-state index >= 15 is 0 Å². The fraction of sp³-hybridized carbons (Fsp3) is 0.467. The van der Waals surface area contributed by atoms with Crippen LogP contribution in [-0.4, -0.2) is 70.1 Å². The molecular formula is C15H18ClN3OS2. The van der Waals surface area contributed by atoms with E-state index in [1.807, 2.05) is 17.0 Å². The molecule has 0 aromatic heterocycles. The number of amides is 1. The molecule has 4 nitrogen and oxygen atoms in total. The molecule has 3 rings (SSSR count). The monoisotopic (exact) mass is 355 g/mol. The summed E-state index contributed by atoms with van der Waals surface area (Å²) in [4.78, 5) is 19.0. The van der Waals surface area contributed by atoms with E-state index in [2.05, 4.69) is 9.80 Å². The molecular weight excluding hydrogens is 338 g/mol. The number of thioether (sulfide) groups is 1. The standard InChI is InChI=1S/C15H18ClN3OS2/c16-13-3-1-2-12(10-13)14(20)18-6-4-17(5-7-18)11-19-8-9-22-15(19)21/h1-3,10H,4-9,11H2. The smallest absolute Gasteiger partial charge is 0.253 e. The van der Waals surface area contributed by atoms with Crippen LogP contribution in [-0.2, 0) is 0 Å². The normalized spacial score (nSPS) is 19.8. The van der Waals surface area contributed by atoms with Crippen LogP contribution in [0.15, 0.2) is 24.3 Å². The number of hydrogen-bond acceptors (Lipinski definition) is 4. The zero-order valence-electron chi connectivity index (χ0n) is 12.2. The van der Waals surface area contributed by atoms with Crippen molar-refractivity contribution in [3.8, 4) is 0 Å². The van der Waals surface area contributed by atoms with E-state index in [1.54, 1.807) is 23.9 Å². The van der Waals surface area contributed by atoms with E-state index in [9.17, 15) is 4.79 Å². The lowest BCUT2D eigenvalue weighted by atomic mass is 10.2. The van der Waals surface area contributed by atoms with Crippen molar-refractivity contribution in [1.82, 2.24) is 14.7 Å². The van der Waals surface area contributed by atoms with E-state index in [0.717, 1.165) is 49.5 Å². The zero-order chi connectivity index (χ0) is 15.5. The van der Waals surface area contributed by atoms with Crippen LogP contribution in [0.3, 0.4) is 0 Å². The van der Waals surface area contributed by atoms with Gasteiger partial charge in [0.2, 0.25) is 0 Å². The molecule has 118 valence electrons. The number of piperazine rings is 1. The van der Waals surface area contributed by atoms with E-state index in [0.29, 0.717) is 10.6 Å². The van der Waals surface area contributed by atoms with Gasteiger partial charge in [-0.3, -0.25) is 9.69 Å². The average molecular weight is 356 g/mol. The zero-order valence-corrected chi connectivity index (χ0v) is 14.6. The minimum atomic E-state index is 0.0643. The van der Waals surface area contributed by atoms with Crippen molar-refractivity contribution >= 4 is 45.8 Å². The van der Waals surface area contributed by atoms with Gasteiger partial charge in [0, 0.05) is 49.1 Å². The van der Waals surface area contributed by atoms with Gasteiger partial charge in [-0.05, 0) is 18.2 Å². The lowest BCUT2D eigenvalue weighted by molar-refractivity contribution is 0.0590. The molecule has 0 spiro atoms. The summed E-state index contributed by atoms with van der Waals surface area (Å²) >= 11 is 13.0. The van der Waals surface area contributed by atoms with Gasteiger partial charge in [-0.25, -0.2) is 0 Å². The summed E-state index contributed by atoms with van der Waals surface area (Å²) in [6.07, 6.45) is 0. The predicted octanol–water partition coefficient (Wildman–Crippen LogP) is 2.39. The summed E-state index contributed by atoms with van der Waals surface area (Å²) in [6, 6.07) is 7.15. The second kappa shape index (κ2) is 7.17. The third-order valence-corrected chi connectivity index (χ3v) is 5.69. The first kappa shape index (κ1) is 16.1. The van der Waals surface area contributed by atoms with Crippen LogP contribution in [0.4, 0.5) is 0 Å². The molecule has 0 N–H and O–H groups in total. The van der Waals surface area contributed by atoms with Crippen LogP contribution >= 0.6 is 35.6 Å². The molecule has 0 bridgehead atoms. The minimum Gasteiger partial charge on any atom is -0.344 e. The van der Waals surface area contributed by atoms with Gasteiger partial charge in [0.15, 0.2) is 0 Å². The third-order valence-electron chi connectivity index (χ3n) is 3.95. The van der Waals surface area contributed by atoms with E-state index in [-0.39, 0.29) is 5.91 Å². The SMILES string of the molecule is O=C(c1cccc(Cl)c1)N1CCN(CN2CCSC2=S)CC1. The number of rotatable bonds is 3. The predicted molar refractivity (Wildman–Crippen MR) is 95.6 cm³/mol. The topological polar surface area (TPSA) is 26.8 Å². The Kier molecular flexibility index (Phi) is 5.23. The Morgan fingerprint density at radius 2 is 2.00 bits per heavy atom. The fourth-order valence-corrected chi connectivity index (χ4v) is 4.10. The second-order valence-electron chi connectivity index (χ2n) is 5.44. The molecule has 0 saturated carbocycles. The Balaban J connectivity index is 1.53. The van der Waals surface area contributed by atoms with Gasteiger partial charge in [-0.1, -0.05) is 41.6 Å². The van der Waals surface area contributed by atoms with Crippen LogP contribution in [0.25, 0.3) is 0 Å². The van der Waals surface area contributed by atoms with Crippen molar-refractivity contribution in [1.29, 1.82) is 0 Å². The fourth-order valence-electron chi connectivity index (χ4n) is 2.69. The van der Waals surface area contributed by atoms with Crippen molar-refractivity contribution in [3.05, 3.63) is 34.9 Å². The molecule has 0 aliphatic carbocycles. The Bertz CT molecular complexity index is 576. The first-order valence-corrected chi connectivity index (χ1v) is 9.09. The Morgan fingerprint density at radius 1 is 1.23 bits per heavy atom. The molecule has 0 radical (unpaired) electrons. The van der Waals surface area contributed by atoms with Gasteiger partial charge in [0.05, 0.1) is 6.67 Å². The van der Waals surface area contributed by atoms with Gasteiger partial charge in [-0.15, -0.1) is 0 Å². The maximum atomic E-state index is 12.5. The van der Waals surface area contributed by atoms with Crippen molar-refractivity contribution in [2.75, 3.05) is 45.1 Å². The summed E-state index contributed by atoms with van der Waals surface area (Å²) in [6.45, 7) is 5.18. The molecule has 0 atom stereocenters. The first-order chi connectivity index (χ1) is 10.6. The molecule has 1 aromatic carbocycles. The number of benzene rings is 1.